The van der Waals surface area contributed by atoms with Crippen LogP contribution in [-0.4, -0.2) is 56.1 Å². The fourth-order valence-electron chi connectivity index (χ4n) is 3.33. The maximum atomic E-state index is 12.5. The first kappa shape index (κ1) is 21.8. The van der Waals surface area contributed by atoms with Crippen LogP contribution < -0.4 is 10.0 Å². The van der Waals surface area contributed by atoms with E-state index in [4.69, 9.17) is 4.74 Å². The summed E-state index contributed by atoms with van der Waals surface area (Å²) < 4.78 is 32.4. The van der Waals surface area contributed by atoms with E-state index in [1.807, 2.05) is 5.38 Å². The normalized spacial score (nSPS) is 20.5. The SMILES string of the molecule is CCNS(=O)(=O)c1cccc(C(=O)Nc2nc(CN3CC(C)OC(C)C3)cs2)c1. The number of aromatic nitrogens is 1. The van der Waals surface area contributed by atoms with Gasteiger partial charge in [-0.2, -0.15) is 0 Å². The third-order valence-electron chi connectivity index (χ3n) is 4.39. The van der Waals surface area contributed by atoms with Crippen LogP contribution in [0, 0.1) is 0 Å². The molecule has 2 atom stereocenters. The molecule has 2 heterocycles. The van der Waals surface area contributed by atoms with Crippen molar-refractivity contribution in [2.45, 2.75) is 44.4 Å². The molecule has 0 radical (unpaired) electrons. The van der Waals surface area contributed by atoms with Gasteiger partial charge < -0.3 is 4.74 Å². The molecule has 0 spiro atoms. The molecule has 1 amide bonds. The van der Waals surface area contributed by atoms with Gasteiger partial charge in [0, 0.05) is 37.1 Å². The molecule has 1 fully saturated rings. The van der Waals surface area contributed by atoms with Crippen molar-refractivity contribution >= 4 is 32.4 Å². The first-order chi connectivity index (χ1) is 13.8. The Balaban J connectivity index is 1.65. The Bertz CT molecular complexity index is 951. The third-order valence-corrected chi connectivity index (χ3v) is 6.74. The lowest BCUT2D eigenvalue weighted by Gasteiger charge is -2.34. The molecular formula is C19H26N4O4S2. The van der Waals surface area contributed by atoms with Gasteiger partial charge in [-0.15, -0.1) is 11.3 Å². The van der Waals surface area contributed by atoms with Crippen molar-refractivity contribution in [2.24, 2.45) is 0 Å². The van der Waals surface area contributed by atoms with E-state index in [9.17, 15) is 13.2 Å². The number of carbonyl (C=O) groups excluding carboxylic acids is 1. The summed E-state index contributed by atoms with van der Waals surface area (Å²) in [5, 5.41) is 5.16. The molecule has 1 aliphatic heterocycles. The van der Waals surface area contributed by atoms with Crippen LogP contribution in [0.15, 0.2) is 34.5 Å². The van der Waals surface area contributed by atoms with Crippen molar-refractivity contribution in [1.82, 2.24) is 14.6 Å². The van der Waals surface area contributed by atoms with Crippen molar-refractivity contribution in [2.75, 3.05) is 25.0 Å². The van der Waals surface area contributed by atoms with Gasteiger partial charge in [0.15, 0.2) is 5.13 Å². The number of sulfonamides is 1. The zero-order valence-electron chi connectivity index (χ0n) is 16.7. The van der Waals surface area contributed by atoms with Gasteiger partial charge in [0.1, 0.15) is 0 Å². The standard InChI is InChI=1S/C19H26N4O4S2/c1-4-20-29(25,26)17-7-5-6-15(8-17)18(24)22-19-21-16(12-28-19)11-23-9-13(2)27-14(3)10-23/h5-8,12-14,20H,4,9-11H2,1-3H3,(H,21,22,24). The monoisotopic (exact) mass is 438 g/mol. The second-order valence-corrected chi connectivity index (χ2v) is 9.70. The molecule has 158 valence electrons. The average Bonchev–Trinajstić information content (AvgIpc) is 3.07. The number of nitrogens with zero attached hydrogens (tertiary/aromatic N) is 2. The van der Waals surface area contributed by atoms with Gasteiger partial charge in [0.2, 0.25) is 10.0 Å². The molecular weight excluding hydrogens is 412 g/mol. The van der Waals surface area contributed by atoms with Crippen LogP contribution in [0.4, 0.5) is 5.13 Å². The summed E-state index contributed by atoms with van der Waals surface area (Å²) in [5.74, 6) is -0.395. The number of nitrogens with one attached hydrogen (secondary N) is 2. The maximum Gasteiger partial charge on any atom is 0.257 e. The lowest BCUT2D eigenvalue weighted by atomic mass is 10.2. The van der Waals surface area contributed by atoms with E-state index in [0.29, 0.717) is 11.7 Å². The molecule has 0 aliphatic carbocycles. The Morgan fingerprint density at radius 3 is 2.72 bits per heavy atom. The number of rotatable bonds is 7. The van der Waals surface area contributed by atoms with Crippen molar-refractivity contribution in [1.29, 1.82) is 0 Å². The first-order valence-corrected chi connectivity index (χ1v) is 11.9. The Hall–Kier alpha value is -1.85. The molecule has 2 aromatic rings. The predicted octanol–water partition coefficient (Wildman–Crippen LogP) is 2.30. The molecule has 0 bridgehead atoms. The van der Waals surface area contributed by atoms with E-state index in [2.05, 4.69) is 33.8 Å². The Morgan fingerprint density at radius 1 is 1.31 bits per heavy atom. The van der Waals surface area contributed by atoms with Gasteiger partial charge in [-0.25, -0.2) is 18.1 Å². The molecule has 3 rings (SSSR count). The number of morpholine rings is 1. The lowest BCUT2D eigenvalue weighted by Crippen LogP contribution is -2.44. The molecule has 1 aromatic carbocycles. The maximum absolute atomic E-state index is 12.5. The summed E-state index contributed by atoms with van der Waals surface area (Å²) in [7, 11) is -3.62. The van der Waals surface area contributed by atoms with Crippen LogP contribution in [0.3, 0.4) is 0 Å². The summed E-state index contributed by atoms with van der Waals surface area (Å²) in [5.41, 5.74) is 1.15. The van der Waals surface area contributed by atoms with Crippen LogP contribution >= 0.6 is 11.3 Å². The number of ether oxygens (including phenoxy) is 1. The number of hydrogen-bond donors (Lipinski definition) is 2. The second kappa shape index (κ2) is 9.31. The molecule has 1 aromatic heterocycles. The number of anilines is 1. The van der Waals surface area contributed by atoms with Gasteiger partial charge in [0.25, 0.3) is 5.91 Å². The van der Waals surface area contributed by atoms with E-state index < -0.39 is 15.9 Å². The lowest BCUT2D eigenvalue weighted by molar-refractivity contribution is -0.0707. The summed E-state index contributed by atoms with van der Waals surface area (Å²) in [4.78, 5) is 19.4. The second-order valence-electron chi connectivity index (χ2n) is 7.08. The van der Waals surface area contributed by atoms with Gasteiger partial charge in [-0.1, -0.05) is 13.0 Å². The van der Waals surface area contributed by atoms with Crippen molar-refractivity contribution in [3.05, 3.63) is 40.9 Å². The quantitative estimate of drug-likeness (QED) is 0.688. The number of carbonyl (C=O) groups is 1. The highest BCUT2D eigenvalue weighted by Gasteiger charge is 2.23. The van der Waals surface area contributed by atoms with Gasteiger partial charge in [0.05, 0.1) is 22.8 Å². The number of benzene rings is 1. The highest BCUT2D eigenvalue weighted by Crippen LogP contribution is 2.20. The van der Waals surface area contributed by atoms with E-state index >= 15 is 0 Å². The molecule has 1 aliphatic rings. The molecule has 29 heavy (non-hydrogen) atoms. The zero-order valence-corrected chi connectivity index (χ0v) is 18.3. The van der Waals surface area contributed by atoms with Crippen LogP contribution in [0.1, 0.15) is 36.8 Å². The van der Waals surface area contributed by atoms with E-state index in [-0.39, 0.29) is 29.2 Å². The van der Waals surface area contributed by atoms with Crippen molar-refractivity contribution < 1.29 is 17.9 Å². The summed E-state index contributed by atoms with van der Waals surface area (Å²) in [6.45, 7) is 8.47. The van der Waals surface area contributed by atoms with Gasteiger partial charge >= 0.3 is 0 Å². The third kappa shape index (κ3) is 5.83. The number of amides is 1. The number of hydrogen-bond acceptors (Lipinski definition) is 7. The average molecular weight is 439 g/mol. The highest BCUT2D eigenvalue weighted by molar-refractivity contribution is 7.89. The first-order valence-electron chi connectivity index (χ1n) is 9.50. The predicted molar refractivity (Wildman–Crippen MR) is 113 cm³/mol. The van der Waals surface area contributed by atoms with Crippen LogP contribution in [-0.2, 0) is 21.3 Å². The Morgan fingerprint density at radius 2 is 2.03 bits per heavy atom. The van der Waals surface area contributed by atoms with Crippen molar-refractivity contribution in [3.8, 4) is 0 Å². The fourth-order valence-corrected chi connectivity index (χ4v) is 5.11. The molecule has 0 saturated carbocycles. The molecule has 8 nitrogen and oxygen atoms in total. The van der Waals surface area contributed by atoms with E-state index in [1.54, 1.807) is 19.1 Å². The topological polar surface area (TPSA) is 101 Å². The molecule has 2 N–H and O–H groups in total. The van der Waals surface area contributed by atoms with E-state index in [0.717, 1.165) is 18.8 Å². The molecule has 1 saturated heterocycles. The van der Waals surface area contributed by atoms with Crippen LogP contribution in [0.25, 0.3) is 0 Å². The molecule has 10 heteroatoms. The fraction of sp³-hybridized carbons (Fsp3) is 0.474. The summed E-state index contributed by atoms with van der Waals surface area (Å²) in [6.07, 6.45) is 0.365. The Kier molecular flexibility index (Phi) is 7.01. The minimum absolute atomic E-state index is 0.0578. The minimum Gasteiger partial charge on any atom is -0.373 e. The van der Waals surface area contributed by atoms with Crippen LogP contribution in [0.5, 0.6) is 0 Å². The van der Waals surface area contributed by atoms with Crippen LogP contribution in [0.2, 0.25) is 0 Å². The summed E-state index contributed by atoms with van der Waals surface area (Å²) in [6, 6.07) is 5.94. The van der Waals surface area contributed by atoms with E-state index in [1.165, 1.54) is 23.5 Å². The number of thiazole rings is 1. The zero-order chi connectivity index (χ0) is 21.0. The van der Waals surface area contributed by atoms with Gasteiger partial charge in [-0.05, 0) is 32.0 Å². The minimum atomic E-state index is -3.62. The largest absolute Gasteiger partial charge is 0.373 e. The molecule has 2 unspecified atom stereocenters. The highest BCUT2D eigenvalue weighted by atomic mass is 32.2. The van der Waals surface area contributed by atoms with Crippen molar-refractivity contribution in [3.63, 3.8) is 0 Å². The summed E-state index contributed by atoms with van der Waals surface area (Å²) >= 11 is 1.35. The smallest absolute Gasteiger partial charge is 0.257 e. The van der Waals surface area contributed by atoms with Gasteiger partial charge in [-0.3, -0.25) is 15.0 Å². The Labute approximate surface area is 175 Å².